The Morgan fingerprint density at radius 3 is 2.23 bits per heavy atom. The van der Waals surface area contributed by atoms with Crippen LogP contribution in [0.2, 0.25) is 0 Å². The fourth-order valence-electron chi connectivity index (χ4n) is 2.53. The van der Waals surface area contributed by atoms with Crippen molar-refractivity contribution in [2.75, 3.05) is 14.2 Å². The lowest BCUT2D eigenvalue weighted by Crippen LogP contribution is -2.45. The second kappa shape index (κ2) is 8.89. The molecule has 0 aromatic heterocycles. The summed E-state index contributed by atoms with van der Waals surface area (Å²) in [6.45, 7) is 3.49. The van der Waals surface area contributed by atoms with Gasteiger partial charge in [-0.2, -0.15) is 0 Å². The molecule has 2 unspecified atom stereocenters. The third kappa shape index (κ3) is 4.75. The molecule has 0 fully saturated rings. The summed E-state index contributed by atoms with van der Waals surface area (Å²) in [5.74, 6) is 0.749. The Morgan fingerprint density at radius 2 is 1.62 bits per heavy atom. The molecule has 0 spiro atoms. The molecule has 2 aromatic carbocycles. The first kappa shape index (κ1) is 19.3. The number of rotatable bonds is 7. The summed E-state index contributed by atoms with van der Waals surface area (Å²) in [5, 5.41) is 5.59. The van der Waals surface area contributed by atoms with Crippen LogP contribution in [-0.2, 0) is 4.79 Å². The van der Waals surface area contributed by atoms with Gasteiger partial charge in [-0.1, -0.05) is 18.2 Å². The summed E-state index contributed by atoms with van der Waals surface area (Å²) in [4.78, 5) is 24.6. The molecule has 0 aliphatic heterocycles. The minimum absolute atomic E-state index is 0.286. The van der Waals surface area contributed by atoms with Crippen LogP contribution in [0.15, 0.2) is 48.5 Å². The van der Waals surface area contributed by atoms with Crippen molar-refractivity contribution in [1.82, 2.24) is 10.6 Å². The average Bonchev–Trinajstić information content (AvgIpc) is 2.67. The second-order valence-electron chi connectivity index (χ2n) is 5.90. The van der Waals surface area contributed by atoms with Crippen molar-refractivity contribution >= 4 is 11.8 Å². The molecule has 2 rings (SSSR count). The summed E-state index contributed by atoms with van der Waals surface area (Å²) in [6, 6.07) is 13.2. The number of ether oxygens (including phenoxy) is 2. The highest BCUT2D eigenvalue weighted by molar-refractivity contribution is 5.97. The molecular formula is C20H24N2O4. The minimum atomic E-state index is -0.679. The van der Waals surface area contributed by atoms with Gasteiger partial charge in [0.2, 0.25) is 5.91 Å². The number of hydrogen-bond donors (Lipinski definition) is 2. The molecule has 6 heteroatoms. The molecule has 2 atom stereocenters. The number of nitrogens with one attached hydrogen (secondary N) is 2. The van der Waals surface area contributed by atoms with E-state index < -0.39 is 6.04 Å². The van der Waals surface area contributed by atoms with Crippen molar-refractivity contribution in [3.05, 3.63) is 59.7 Å². The number of hydrogen-bond acceptors (Lipinski definition) is 4. The lowest BCUT2D eigenvalue weighted by molar-refractivity contribution is -0.123. The van der Waals surface area contributed by atoms with E-state index in [-0.39, 0.29) is 17.9 Å². The van der Waals surface area contributed by atoms with Crippen molar-refractivity contribution in [1.29, 1.82) is 0 Å². The number of carbonyl (C=O) groups excluding carboxylic acids is 2. The quantitative estimate of drug-likeness (QED) is 0.800. The molecule has 6 nitrogen and oxygen atoms in total. The first-order chi connectivity index (χ1) is 12.5. The van der Waals surface area contributed by atoms with Crippen LogP contribution in [0, 0.1) is 0 Å². The van der Waals surface area contributed by atoms with E-state index >= 15 is 0 Å². The van der Waals surface area contributed by atoms with Crippen LogP contribution in [-0.4, -0.2) is 32.1 Å². The van der Waals surface area contributed by atoms with E-state index in [2.05, 4.69) is 10.6 Å². The zero-order valence-corrected chi connectivity index (χ0v) is 15.4. The van der Waals surface area contributed by atoms with Crippen molar-refractivity contribution in [3.63, 3.8) is 0 Å². The van der Waals surface area contributed by atoms with Gasteiger partial charge in [-0.3, -0.25) is 9.59 Å². The summed E-state index contributed by atoms with van der Waals surface area (Å²) < 4.78 is 10.6. The SMILES string of the molecule is COc1ccc(OC)c(C(C)NC(=O)C(C)NC(=O)c2ccccc2)c1. The number of amides is 2. The van der Waals surface area contributed by atoms with Gasteiger partial charge in [-0.25, -0.2) is 0 Å². The average molecular weight is 356 g/mol. The van der Waals surface area contributed by atoms with Gasteiger partial charge in [0, 0.05) is 11.1 Å². The molecule has 2 amide bonds. The molecule has 2 aromatic rings. The Bertz CT molecular complexity index is 762. The summed E-state index contributed by atoms with van der Waals surface area (Å²) >= 11 is 0. The zero-order valence-electron chi connectivity index (χ0n) is 15.4. The zero-order chi connectivity index (χ0) is 19.1. The highest BCUT2D eigenvalue weighted by Crippen LogP contribution is 2.29. The number of carbonyl (C=O) groups is 2. The fourth-order valence-corrected chi connectivity index (χ4v) is 2.53. The minimum Gasteiger partial charge on any atom is -0.497 e. The monoisotopic (exact) mass is 356 g/mol. The van der Waals surface area contributed by atoms with Gasteiger partial charge in [0.05, 0.1) is 20.3 Å². The lowest BCUT2D eigenvalue weighted by atomic mass is 10.1. The van der Waals surface area contributed by atoms with Crippen molar-refractivity contribution in [2.24, 2.45) is 0 Å². The maximum atomic E-state index is 12.4. The van der Waals surface area contributed by atoms with Gasteiger partial charge in [0.25, 0.3) is 5.91 Å². The van der Waals surface area contributed by atoms with Crippen molar-refractivity contribution < 1.29 is 19.1 Å². The second-order valence-corrected chi connectivity index (χ2v) is 5.90. The van der Waals surface area contributed by atoms with Crippen LogP contribution in [0.1, 0.15) is 35.8 Å². The van der Waals surface area contributed by atoms with Gasteiger partial charge in [-0.15, -0.1) is 0 Å². The van der Waals surface area contributed by atoms with Crippen molar-refractivity contribution in [3.8, 4) is 11.5 Å². The summed E-state index contributed by atoms with van der Waals surface area (Å²) in [7, 11) is 3.15. The molecule has 138 valence electrons. The van der Waals surface area contributed by atoms with Gasteiger partial charge in [0.1, 0.15) is 17.5 Å². The Hall–Kier alpha value is -3.02. The van der Waals surface area contributed by atoms with Crippen LogP contribution in [0.3, 0.4) is 0 Å². The molecule has 0 aliphatic carbocycles. The van der Waals surface area contributed by atoms with Crippen molar-refractivity contribution in [2.45, 2.75) is 25.9 Å². The van der Waals surface area contributed by atoms with Gasteiger partial charge in [-0.05, 0) is 44.2 Å². The maximum absolute atomic E-state index is 12.4. The van der Waals surface area contributed by atoms with Crippen LogP contribution in [0.5, 0.6) is 11.5 Å². The maximum Gasteiger partial charge on any atom is 0.251 e. The van der Waals surface area contributed by atoms with Crippen LogP contribution < -0.4 is 20.1 Å². The number of methoxy groups -OCH3 is 2. The van der Waals surface area contributed by atoms with E-state index in [0.29, 0.717) is 17.1 Å². The Morgan fingerprint density at radius 1 is 0.923 bits per heavy atom. The molecule has 26 heavy (non-hydrogen) atoms. The fraction of sp³-hybridized carbons (Fsp3) is 0.300. The van der Waals surface area contributed by atoms with Crippen LogP contribution in [0.25, 0.3) is 0 Å². The summed E-state index contributed by atoms with van der Waals surface area (Å²) in [6.07, 6.45) is 0. The van der Waals surface area contributed by atoms with E-state index in [1.54, 1.807) is 57.5 Å². The Kier molecular flexibility index (Phi) is 6.60. The molecule has 0 radical (unpaired) electrons. The highest BCUT2D eigenvalue weighted by Gasteiger charge is 2.20. The topological polar surface area (TPSA) is 76.7 Å². The first-order valence-corrected chi connectivity index (χ1v) is 8.34. The molecule has 0 saturated heterocycles. The van der Waals surface area contributed by atoms with Gasteiger partial charge >= 0.3 is 0 Å². The normalized spacial score (nSPS) is 12.6. The largest absolute Gasteiger partial charge is 0.497 e. The molecule has 0 saturated carbocycles. The third-order valence-electron chi connectivity index (χ3n) is 4.04. The standard InChI is InChI=1S/C20H24N2O4/c1-13(17-12-16(25-3)10-11-18(17)26-4)21-19(23)14(2)22-20(24)15-8-6-5-7-9-15/h5-14H,1-4H3,(H,21,23)(H,22,24). The van der Waals surface area contributed by atoms with E-state index in [1.807, 2.05) is 19.1 Å². The molecular weight excluding hydrogens is 332 g/mol. The van der Waals surface area contributed by atoms with Gasteiger partial charge in [0.15, 0.2) is 0 Å². The van der Waals surface area contributed by atoms with E-state index in [0.717, 1.165) is 5.56 Å². The van der Waals surface area contributed by atoms with E-state index in [1.165, 1.54) is 0 Å². The molecule has 0 aliphatic rings. The lowest BCUT2D eigenvalue weighted by Gasteiger charge is -2.21. The molecule has 0 bridgehead atoms. The van der Waals surface area contributed by atoms with Crippen LogP contribution >= 0.6 is 0 Å². The van der Waals surface area contributed by atoms with Crippen LogP contribution in [0.4, 0.5) is 0 Å². The van der Waals surface area contributed by atoms with Gasteiger partial charge < -0.3 is 20.1 Å². The predicted octanol–water partition coefficient (Wildman–Crippen LogP) is 2.70. The highest BCUT2D eigenvalue weighted by atomic mass is 16.5. The van der Waals surface area contributed by atoms with E-state index in [4.69, 9.17) is 9.47 Å². The van der Waals surface area contributed by atoms with E-state index in [9.17, 15) is 9.59 Å². The first-order valence-electron chi connectivity index (χ1n) is 8.34. The molecule has 0 heterocycles. The molecule has 2 N–H and O–H groups in total. The third-order valence-corrected chi connectivity index (χ3v) is 4.04. The Labute approximate surface area is 153 Å². The Balaban J connectivity index is 2.03. The predicted molar refractivity (Wildman–Crippen MR) is 99.5 cm³/mol. The number of benzene rings is 2. The summed E-state index contributed by atoms with van der Waals surface area (Å²) in [5.41, 5.74) is 1.30. The smallest absolute Gasteiger partial charge is 0.251 e.